The number of rotatable bonds is 3. The van der Waals surface area contributed by atoms with Gasteiger partial charge in [-0.15, -0.1) is 0 Å². The summed E-state index contributed by atoms with van der Waals surface area (Å²) in [6.07, 6.45) is 5.39. The first-order chi connectivity index (χ1) is 11.1. The van der Waals surface area contributed by atoms with Crippen LogP contribution in [-0.4, -0.2) is 12.9 Å². The van der Waals surface area contributed by atoms with E-state index in [4.69, 9.17) is 9.47 Å². The number of ketones is 1. The largest absolute Gasteiger partial charge is 0.496 e. The summed E-state index contributed by atoms with van der Waals surface area (Å²) in [4.78, 5) is 12.4. The molecule has 116 valence electrons. The molecule has 2 aromatic carbocycles. The molecule has 0 fully saturated rings. The van der Waals surface area contributed by atoms with Gasteiger partial charge in [0.1, 0.15) is 11.5 Å². The van der Waals surface area contributed by atoms with E-state index in [1.807, 2.05) is 56.3 Å². The number of allylic oxidation sites excluding steroid dienone is 3. The molecule has 1 heterocycles. The quantitative estimate of drug-likeness (QED) is 0.784. The lowest BCUT2D eigenvalue weighted by Gasteiger charge is -2.02. The highest BCUT2D eigenvalue weighted by atomic mass is 16.5. The van der Waals surface area contributed by atoms with Crippen LogP contribution in [0.2, 0.25) is 0 Å². The topological polar surface area (TPSA) is 35.5 Å². The molecule has 3 rings (SSSR count). The number of ether oxygens (including phenoxy) is 2. The lowest BCUT2D eigenvalue weighted by Crippen LogP contribution is -1.97. The van der Waals surface area contributed by atoms with Gasteiger partial charge in [0.25, 0.3) is 0 Å². The highest BCUT2D eigenvalue weighted by Crippen LogP contribution is 2.33. The minimum Gasteiger partial charge on any atom is -0.496 e. The summed E-state index contributed by atoms with van der Waals surface area (Å²) >= 11 is 0. The van der Waals surface area contributed by atoms with Gasteiger partial charge < -0.3 is 9.47 Å². The van der Waals surface area contributed by atoms with Crippen molar-refractivity contribution in [1.82, 2.24) is 0 Å². The van der Waals surface area contributed by atoms with Crippen molar-refractivity contribution in [3.63, 3.8) is 0 Å². The Hall–Kier alpha value is -2.81. The van der Waals surface area contributed by atoms with Gasteiger partial charge in [-0.25, -0.2) is 0 Å². The molecule has 0 aromatic heterocycles. The molecule has 0 atom stereocenters. The predicted octanol–water partition coefficient (Wildman–Crippen LogP) is 4.48. The Morgan fingerprint density at radius 3 is 2.61 bits per heavy atom. The van der Waals surface area contributed by atoms with Gasteiger partial charge in [-0.3, -0.25) is 4.79 Å². The molecule has 3 nitrogen and oxygen atoms in total. The zero-order valence-electron chi connectivity index (χ0n) is 13.4. The van der Waals surface area contributed by atoms with E-state index < -0.39 is 0 Å². The smallest absolute Gasteiger partial charge is 0.231 e. The molecule has 0 N–H and O–H groups in total. The average Bonchev–Trinajstić information content (AvgIpc) is 2.84. The summed E-state index contributed by atoms with van der Waals surface area (Å²) in [5.74, 6) is 1.69. The number of hydrogen-bond donors (Lipinski definition) is 0. The number of methoxy groups -OCH3 is 1. The summed E-state index contributed by atoms with van der Waals surface area (Å²) in [7, 11) is 1.63. The fraction of sp³-hybridized carbons (Fsp3) is 0.150. The van der Waals surface area contributed by atoms with Crippen molar-refractivity contribution in [2.45, 2.75) is 13.8 Å². The average molecular weight is 306 g/mol. The van der Waals surface area contributed by atoms with Gasteiger partial charge in [0, 0.05) is 5.56 Å². The van der Waals surface area contributed by atoms with Crippen LogP contribution in [0.3, 0.4) is 0 Å². The number of fused-ring (bicyclic) bond motifs is 1. The van der Waals surface area contributed by atoms with Crippen molar-refractivity contribution in [3.05, 3.63) is 76.6 Å². The van der Waals surface area contributed by atoms with Crippen molar-refractivity contribution in [2.24, 2.45) is 0 Å². The Kier molecular flexibility index (Phi) is 4.02. The summed E-state index contributed by atoms with van der Waals surface area (Å²) < 4.78 is 11.0. The van der Waals surface area contributed by atoms with Crippen LogP contribution in [0.1, 0.15) is 27.0 Å². The van der Waals surface area contributed by atoms with E-state index in [0.717, 1.165) is 22.4 Å². The molecule has 0 saturated heterocycles. The van der Waals surface area contributed by atoms with E-state index in [1.54, 1.807) is 19.3 Å². The first-order valence-electron chi connectivity index (χ1n) is 7.45. The van der Waals surface area contributed by atoms with Gasteiger partial charge in [-0.05, 0) is 49.2 Å². The first-order valence-corrected chi connectivity index (χ1v) is 7.45. The van der Waals surface area contributed by atoms with Crippen molar-refractivity contribution in [3.8, 4) is 11.5 Å². The first kappa shape index (κ1) is 15.1. The second-order valence-corrected chi connectivity index (χ2v) is 5.50. The third-order valence-corrected chi connectivity index (χ3v) is 3.95. The summed E-state index contributed by atoms with van der Waals surface area (Å²) in [6.45, 7) is 4.00. The van der Waals surface area contributed by atoms with Gasteiger partial charge in [0.05, 0.1) is 12.7 Å². The van der Waals surface area contributed by atoms with Crippen LogP contribution in [0.15, 0.2) is 54.3 Å². The zero-order valence-corrected chi connectivity index (χ0v) is 13.4. The van der Waals surface area contributed by atoms with Gasteiger partial charge in [-0.1, -0.05) is 30.4 Å². The van der Waals surface area contributed by atoms with E-state index >= 15 is 0 Å². The summed E-state index contributed by atoms with van der Waals surface area (Å²) in [5, 5.41) is 0. The SMILES string of the molecule is COc1ccccc1/C=C/C=C1\Oc2cc(C)c(C)cc2C1=O. The molecule has 0 aliphatic carbocycles. The van der Waals surface area contributed by atoms with Crippen LogP contribution >= 0.6 is 0 Å². The molecule has 1 aliphatic heterocycles. The molecule has 1 aliphatic rings. The fourth-order valence-corrected chi connectivity index (χ4v) is 2.50. The standard InChI is InChI=1S/C20H18O3/c1-13-11-16-19(12-14(13)2)23-18(20(16)21)10-6-8-15-7-4-5-9-17(15)22-3/h4-12H,1-3H3/b8-6+,18-10-. The summed E-state index contributed by atoms with van der Waals surface area (Å²) in [6, 6.07) is 11.5. The van der Waals surface area contributed by atoms with Crippen LogP contribution < -0.4 is 9.47 Å². The Labute approximate surface area is 135 Å². The van der Waals surface area contributed by atoms with Crippen LogP contribution in [0.4, 0.5) is 0 Å². The maximum absolute atomic E-state index is 12.4. The molecule has 23 heavy (non-hydrogen) atoms. The van der Waals surface area contributed by atoms with E-state index in [9.17, 15) is 4.79 Å². The van der Waals surface area contributed by atoms with Crippen LogP contribution in [0, 0.1) is 13.8 Å². The van der Waals surface area contributed by atoms with Crippen LogP contribution in [-0.2, 0) is 0 Å². The molecular formula is C20H18O3. The fourth-order valence-electron chi connectivity index (χ4n) is 2.50. The Morgan fingerprint density at radius 1 is 1.09 bits per heavy atom. The second kappa shape index (κ2) is 6.13. The Bertz CT molecular complexity index is 829. The van der Waals surface area contributed by atoms with Gasteiger partial charge >= 0.3 is 0 Å². The van der Waals surface area contributed by atoms with E-state index in [0.29, 0.717) is 17.1 Å². The number of carbonyl (C=O) groups is 1. The number of aryl methyl sites for hydroxylation is 2. The van der Waals surface area contributed by atoms with Gasteiger partial charge in [0.2, 0.25) is 5.78 Å². The van der Waals surface area contributed by atoms with E-state index in [1.165, 1.54) is 0 Å². The second-order valence-electron chi connectivity index (χ2n) is 5.50. The molecule has 0 saturated carbocycles. The van der Waals surface area contributed by atoms with Crippen molar-refractivity contribution in [1.29, 1.82) is 0 Å². The molecule has 0 radical (unpaired) electrons. The Morgan fingerprint density at radius 2 is 1.83 bits per heavy atom. The molecule has 0 amide bonds. The molecule has 0 unspecified atom stereocenters. The lowest BCUT2D eigenvalue weighted by molar-refractivity contribution is 0.101. The highest BCUT2D eigenvalue weighted by molar-refractivity contribution is 6.12. The normalized spacial score (nSPS) is 15.1. The molecular weight excluding hydrogens is 288 g/mol. The highest BCUT2D eigenvalue weighted by Gasteiger charge is 2.27. The third kappa shape index (κ3) is 2.90. The number of Topliss-reactive ketones (excluding diaryl/α,β-unsaturated/α-hetero) is 1. The maximum Gasteiger partial charge on any atom is 0.231 e. The third-order valence-electron chi connectivity index (χ3n) is 3.95. The minimum absolute atomic E-state index is 0.0761. The van der Waals surface area contributed by atoms with Gasteiger partial charge in [-0.2, -0.15) is 0 Å². The minimum atomic E-state index is -0.0761. The monoisotopic (exact) mass is 306 g/mol. The number of para-hydroxylation sites is 1. The molecule has 0 spiro atoms. The number of benzene rings is 2. The molecule has 3 heteroatoms. The van der Waals surface area contributed by atoms with Crippen LogP contribution in [0.25, 0.3) is 6.08 Å². The summed E-state index contributed by atoms with van der Waals surface area (Å²) in [5.41, 5.74) is 3.78. The number of carbonyl (C=O) groups excluding carboxylic acids is 1. The van der Waals surface area contributed by atoms with Crippen molar-refractivity contribution < 1.29 is 14.3 Å². The molecule has 2 aromatic rings. The maximum atomic E-state index is 12.4. The van der Waals surface area contributed by atoms with E-state index in [-0.39, 0.29) is 5.78 Å². The van der Waals surface area contributed by atoms with Crippen LogP contribution in [0.5, 0.6) is 11.5 Å². The predicted molar refractivity (Wildman–Crippen MR) is 91.0 cm³/mol. The Balaban J connectivity index is 1.85. The number of hydrogen-bond acceptors (Lipinski definition) is 3. The van der Waals surface area contributed by atoms with E-state index in [2.05, 4.69) is 0 Å². The van der Waals surface area contributed by atoms with Crippen molar-refractivity contribution in [2.75, 3.05) is 7.11 Å². The zero-order chi connectivity index (χ0) is 16.4. The lowest BCUT2D eigenvalue weighted by atomic mass is 10.0. The molecule has 0 bridgehead atoms. The van der Waals surface area contributed by atoms with Gasteiger partial charge in [0.15, 0.2) is 5.76 Å². The van der Waals surface area contributed by atoms with Crippen molar-refractivity contribution >= 4 is 11.9 Å².